The van der Waals surface area contributed by atoms with Crippen LogP contribution < -0.4 is 11.1 Å². The maximum absolute atomic E-state index is 13.3. The Kier molecular flexibility index (Phi) is 3.23. The smallest absolute Gasteiger partial charge is 0.321 e. The molecule has 0 aromatic heterocycles. The molecule has 4 nitrogen and oxygen atoms in total. The fourth-order valence-electron chi connectivity index (χ4n) is 1.76. The molecular formula is C11H13F2N3O. The van der Waals surface area contributed by atoms with Crippen LogP contribution in [0, 0.1) is 11.6 Å². The van der Waals surface area contributed by atoms with Crippen LogP contribution in [0.15, 0.2) is 18.2 Å². The maximum Gasteiger partial charge on any atom is 0.321 e. The second-order valence-electron chi connectivity index (χ2n) is 4.05. The second kappa shape index (κ2) is 4.67. The first kappa shape index (κ1) is 11.8. The molecule has 1 fully saturated rings. The van der Waals surface area contributed by atoms with Gasteiger partial charge in [-0.15, -0.1) is 0 Å². The van der Waals surface area contributed by atoms with Crippen LogP contribution in [-0.4, -0.2) is 30.1 Å². The summed E-state index contributed by atoms with van der Waals surface area (Å²) in [5.41, 5.74) is 5.63. The number of nitrogens with two attached hydrogens (primary N) is 1. The molecule has 92 valence electrons. The normalized spacial score (nSPS) is 19.5. The topological polar surface area (TPSA) is 58.4 Å². The fraction of sp³-hybridized carbons (Fsp3) is 0.364. The van der Waals surface area contributed by atoms with E-state index in [4.69, 9.17) is 5.73 Å². The number of carbonyl (C=O) groups is 1. The third-order valence-electron chi connectivity index (χ3n) is 2.68. The molecule has 1 saturated heterocycles. The Labute approximate surface area is 97.4 Å². The molecule has 0 bridgehead atoms. The lowest BCUT2D eigenvalue weighted by molar-refractivity contribution is 0.222. The number of nitrogens with zero attached hydrogens (tertiary/aromatic N) is 1. The Hall–Kier alpha value is -1.69. The lowest BCUT2D eigenvalue weighted by atomic mass is 10.3. The monoisotopic (exact) mass is 241 g/mol. The summed E-state index contributed by atoms with van der Waals surface area (Å²) in [5, 5.41) is 2.39. The van der Waals surface area contributed by atoms with E-state index in [-0.39, 0.29) is 11.7 Å². The summed E-state index contributed by atoms with van der Waals surface area (Å²) in [6, 6.07) is 2.57. The number of hydrogen-bond acceptors (Lipinski definition) is 2. The first-order chi connectivity index (χ1) is 8.06. The van der Waals surface area contributed by atoms with Crippen molar-refractivity contribution in [2.45, 2.75) is 12.5 Å². The SMILES string of the molecule is NC1CCN(C(=O)Nc2ccc(F)cc2F)C1. The van der Waals surface area contributed by atoms with Crippen LogP contribution in [0.4, 0.5) is 19.3 Å². The summed E-state index contributed by atoms with van der Waals surface area (Å²) in [6.45, 7) is 1.00. The Morgan fingerprint density at radius 3 is 2.82 bits per heavy atom. The summed E-state index contributed by atoms with van der Waals surface area (Å²) in [5.74, 6) is -1.47. The molecule has 1 aliphatic heterocycles. The van der Waals surface area contributed by atoms with Crippen molar-refractivity contribution in [1.82, 2.24) is 4.90 Å². The van der Waals surface area contributed by atoms with Gasteiger partial charge in [-0.1, -0.05) is 0 Å². The number of anilines is 1. The van der Waals surface area contributed by atoms with Gasteiger partial charge in [0.25, 0.3) is 0 Å². The van der Waals surface area contributed by atoms with Crippen molar-refractivity contribution in [1.29, 1.82) is 0 Å². The van der Waals surface area contributed by atoms with E-state index in [1.165, 1.54) is 11.0 Å². The molecule has 2 amide bonds. The number of nitrogens with one attached hydrogen (secondary N) is 1. The minimum Gasteiger partial charge on any atom is -0.326 e. The van der Waals surface area contributed by atoms with E-state index >= 15 is 0 Å². The molecule has 1 aliphatic rings. The highest BCUT2D eigenvalue weighted by molar-refractivity contribution is 5.89. The van der Waals surface area contributed by atoms with Crippen molar-refractivity contribution in [3.63, 3.8) is 0 Å². The van der Waals surface area contributed by atoms with Crippen LogP contribution in [0.3, 0.4) is 0 Å². The number of likely N-dealkylation sites (tertiary alicyclic amines) is 1. The Balaban J connectivity index is 2.03. The quantitative estimate of drug-likeness (QED) is 0.783. The van der Waals surface area contributed by atoms with E-state index in [9.17, 15) is 13.6 Å². The second-order valence-corrected chi connectivity index (χ2v) is 4.05. The van der Waals surface area contributed by atoms with Gasteiger partial charge in [0.05, 0.1) is 5.69 Å². The predicted octanol–water partition coefficient (Wildman–Crippen LogP) is 1.53. The van der Waals surface area contributed by atoms with Crippen LogP contribution in [0.25, 0.3) is 0 Å². The maximum atomic E-state index is 13.3. The predicted molar refractivity (Wildman–Crippen MR) is 59.5 cm³/mol. The van der Waals surface area contributed by atoms with E-state index in [1.54, 1.807) is 0 Å². The van der Waals surface area contributed by atoms with E-state index in [2.05, 4.69) is 5.32 Å². The summed E-state index contributed by atoms with van der Waals surface area (Å²) in [4.78, 5) is 13.2. The fourth-order valence-corrected chi connectivity index (χ4v) is 1.76. The summed E-state index contributed by atoms with van der Waals surface area (Å²) < 4.78 is 25.9. The van der Waals surface area contributed by atoms with Gasteiger partial charge < -0.3 is 16.0 Å². The summed E-state index contributed by atoms with van der Waals surface area (Å²) in [7, 11) is 0. The van der Waals surface area contributed by atoms with Crippen LogP contribution in [0.2, 0.25) is 0 Å². The van der Waals surface area contributed by atoms with Crippen molar-refractivity contribution in [2.24, 2.45) is 5.73 Å². The zero-order valence-electron chi connectivity index (χ0n) is 9.12. The molecule has 0 radical (unpaired) electrons. The lowest BCUT2D eigenvalue weighted by Gasteiger charge is -2.16. The first-order valence-corrected chi connectivity index (χ1v) is 5.33. The van der Waals surface area contributed by atoms with Gasteiger partial charge >= 0.3 is 6.03 Å². The van der Waals surface area contributed by atoms with Crippen LogP contribution in [-0.2, 0) is 0 Å². The average Bonchev–Trinajstić information content (AvgIpc) is 2.69. The van der Waals surface area contributed by atoms with Gasteiger partial charge in [0, 0.05) is 25.2 Å². The molecule has 0 saturated carbocycles. The Bertz CT molecular complexity index is 439. The third-order valence-corrected chi connectivity index (χ3v) is 2.68. The average molecular weight is 241 g/mol. The van der Waals surface area contributed by atoms with E-state index in [1.807, 2.05) is 0 Å². The van der Waals surface area contributed by atoms with E-state index < -0.39 is 17.7 Å². The van der Waals surface area contributed by atoms with E-state index in [0.29, 0.717) is 13.1 Å². The molecule has 6 heteroatoms. The molecule has 3 N–H and O–H groups in total. The van der Waals surface area contributed by atoms with Crippen molar-refractivity contribution < 1.29 is 13.6 Å². The number of hydrogen-bond donors (Lipinski definition) is 2. The van der Waals surface area contributed by atoms with Crippen molar-refractivity contribution in [2.75, 3.05) is 18.4 Å². The highest BCUT2D eigenvalue weighted by atomic mass is 19.1. The van der Waals surface area contributed by atoms with Gasteiger partial charge in [0.15, 0.2) is 0 Å². The zero-order valence-corrected chi connectivity index (χ0v) is 9.12. The third kappa shape index (κ3) is 2.71. The van der Waals surface area contributed by atoms with Crippen LogP contribution in [0.5, 0.6) is 0 Å². The minimum absolute atomic E-state index is 0.0289. The van der Waals surface area contributed by atoms with Crippen molar-refractivity contribution in [3.8, 4) is 0 Å². The molecule has 17 heavy (non-hydrogen) atoms. The highest BCUT2D eigenvalue weighted by Crippen LogP contribution is 2.16. The Morgan fingerprint density at radius 2 is 2.24 bits per heavy atom. The number of carbonyl (C=O) groups excluding carboxylic acids is 1. The molecule has 0 aliphatic carbocycles. The van der Waals surface area contributed by atoms with Gasteiger partial charge in [-0.05, 0) is 18.6 Å². The molecule has 1 aromatic carbocycles. The summed E-state index contributed by atoms with van der Waals surface area (Å²) in [6.07, 6.45) is 0.735. The van der Waals surface area contributed by atoms with Gasteiger partial charge in [-0.2, -0.15) is 0 Å². The van der Waals surface area contributed by atoms with Gasteiger partial charge in [0.2, 0.25) is 0 Å². The molecular weight excluding hydrogens is 228 g/mol. The van der Waals surface area contributed by atoms with Crippen LogP contribution >= 0.6 is 0 Å². The molecule has 1 atom stereocenters. The van der Waals surface area contributed by atoms with Crippen molar-refractivity contribution in [3.05, 3.63) is 29.8 Å². The van der Waals surface area contributed by atoms with Gasteiger partial charge in [-0.25, -0.2) is 13.6 Å². The zero-order chi connectivity index (χ0) is 12.4. The van der Waals surface area contributed by atoms with Gasteiger partial charge in [-0.3, -0.25) is 0 Å². The number of benzene rings is 1. The van der Waals surface area contributed by atoms with Gasteiger partial charge in [0.1, 0.15) is 11.6 Å². The first-order valence-electron chi connectivity index (χ1n) is 5.33. The molecule has 2 rings (SSSR count). The molecule has 1 unspecified atom stereocenters. The minimum atomic E-state index is -0.790. The summed E-state index contributed by atoms with van der Waals surface area (Å²) >= 11 is 0. The lowest BCUT2D eigenvalue weighted by Crippen LogP contribution is -2.35. The molecule has 1 aromatic rings. The number of rotatable bonds is 1. The number of halogens is 2. The van der Waals surface area contributed by atoms with E-state index in [0.717, 1.165) is 18.6 Å². The largest absolute Gasteiger partial charge is 0.326 e. The molecule has 1 heterocycles. The Morgan fingerprint density at radius 1 is 1.47 bits per heavy atom. The number of amides is 2. The molecule has 0 spiro atoms. The standard InChI is InChI=1S/C11H13F2N3O/c12-7-1-2-10(9(13)5-7)15-11(17)16-4-3-8(14)6-16/h1-2,5,8H,3-4,6,14H2,(H,15,17). The highest BCUT2D eigenvalue weighted by Gasteiger charge is 2.24. The van der Waals surface area contributed by atoms with Crippen molar-refractivity contribution >= 4 is 11.7 Å². The van der Waals surface area contributed by atoms with Crippen LogP contribution in [0.1, 0.15) is 6.42 Å². The number of urea groups is 1.